The zero-order valence-corrected chi connectivity index (χ0v) is 9.58. The van der Waals surface area contributed by atoms with Crippen LogP contribution in [-0.2, 0) is 4.79 Å². The monoisotopic (exact) mass is 241 g/mol. The Labute approximate surface area is 98.5 Å². The third kappa shape index (κ3) is 2.39. The average molecular weight is 242 g/mol. The summed E-state index contributed by atoms with van der Waals surface area (Å²) in [5.41, 5.74) is 0.654. The molecule has 0 spiro atoms. The van der Waals surface area contributed by atoms with Crippen LogP contribution in [0.5, 0.6) is 11.5 Å². The van der Waals surface area contributed by atoms with Crippen molar-refractivity contribution in [3.8, 4) is 11.5 Å². The molecule has 0 saturated heterocycles. The molecule has 1 aromatic rings. The number of anilines is 1. The molecular formula is C11H12ClNO3. The van der Waals surface area contributed by atoms with Gasteiger partial charge in [0.05, 0.1) is 0 Å². The number of halogens is 1. The highest BCUT2D eigenvalue weighted by Crippen LogP contribution is 2.32. The summed E-state index contributed by atoms with van der Waals surface area (Å²) in [4.78, 5) is 11.4. The Bertz CT molecular complexity index is 406. The van der Waals surface area contributed by atoms with Crippen molar-refractivity contribution < 1.29 is 14.3 Å². The van der Waals surface area contributed by atoms with Crippen molar-refractivity contribution in [1.29, 1.82) is 0 Å². The van der Waals surface area contributed by atoms with Crippen molar-refractivity contribution in [1.82, 2.24) is 0 Å². The van der Waals surface area contributed by atoms with Crippen LogP contribution in [0.4, 0.5) is 5.69 Å². The van der Waals surface area contributed by atoms with E-state index in [1.54, 1.807) is 25.1 Å². The maximum atomic E-state index is 11.4. The Morgan fingerprint density at radius 1 is 1.38 bits per heavy atom. The summed E-state index contributed by atoms with van der Waals surface area (Å²) >= 11 is 5.65. The molecule has 1 aliphatic heterocycles. The van der Waals surface area contributed by atoms with E-state index in [0.29, 0.717) is 30.4 Å². The fourth-order valence-corrected chi connectivity index (χ4v) is 1.42. The molecule has 1 atom stereocenters. The van der Waals surface area contributed by atoms with Crippen LogP contribution < -0.4 is 14.8 Å². The van der Waals surface area contributed by atoms with Gasteiger partial charge in [-0.2, -0.15) is 0 Å². The number of ether oxygens (including phenoxy) is 2. The third-order valence-electron chi connectivity index (χ3n) is 2.17. The van der Waals surface area contributed by atoms with Crippen LogP contribution >= 0.6 is 11.6 Å². The van der Waals surface area contributed by atoms with E-state index in [1.165, 1.54) is 0 Å². The van der Waals surface area contributed by atoms with Gasteiger partial charge in [0.15, 0.2) is 11.5 Å². The highest BCUT2D eigenvalue weighted by Gasteiger charge is 2.14. The molecule has 1 aromatic carbocycles. The highest BCUT2D eigenvalue weighted by molar-refractivity contribution is 6.32. The van der Waals surface area contributed by atoms with E-state index >= 15 is 0 Å². The van der Waals surface area contributed by atoms with E-state index in [-0.39, 0.29) is 5.91 Å². The van der Waals surface area contributed by atoms with Gasteiger partial charge in [-0.3, -0.25) is 4.79 Å². The van der Waals surface area contributed by atoms with Gasteiger partial charge in [-0.1, -0.05) is 0 Å². The smallest absolute Gasteiger partial charge is 0.242 e. The Morgan fingerprint density at radius 3 is 2.75 bits per heavy atom. The fourth-order valence-electron chi connectivity index (χ4n) is 1.36. The molecule has 0 unspecified atom stereocenters. The van der Waals surface area contributed by atoms with E-state index in [1.807, 2.05) is 0 Å². The third-order valence-corrected chi connectivity index (χ3v) is 2.37. The first-order chi connectivity index (χ1) is 7.66. The molecule has 1 heterocycles. The van der Waals surface area contributed by atoms with Gasteiger partial charge >= 0.3 is 0 Å². The van der Waals surface area contributed by atoms with E-state index < -0.39 is 5.38 Å². The van der Waals surface area contributed by atoms with E-state index in [2.05, 4.69) is 5.32 Å². The van der Waals surface area contributed by atoms with Crippen LogP contribution in [0, 0.1) is 0 Å². The maximum Gasteiger partial charge on any atom is 0.242 e. The van der Waals surface area contributed by atoms with Crippen LogP contribution in [0.3, 0.4) is 0 Å². The van der Waals surface area contributed by atoms with E-state index in [0.717, 1.165) is 0 Å². The lowest BCUT2D eigenvalue weighted by molar-refractivity contribution is -0.115. The maximum absolute atomic E-state index is 11.4. The van der Waals surface area contributed by atoms with Crippen molar-refractivity contribution in [3.63, 3.8) is 0 Å². The SMILES string of the molecule is C[C@H](Cl)C(=O)Nc1ccc2c(c1)OCCO2. The van der Waals surface area contributed by atoms with E-state index in [9.17, 15) is 4.79 Å². The number of nitrogens with one attached hydrogen (secondary N) is 1. The first kappa shape index (κ1) is 11.1. The highest BCUT2D eigenvalue weighted by atomic mass is 35.5. The summed E-state index contributed by atoms with van der Waals surface area (Å²) in [7, 11) is 0. The number of amides is 1. The van der Waals surface area contributed by atoms with Gasteiger partial charge in [0.2, 0.25) is 5.91 Å². The first-order valence-corrected chi connectivity index (χ1v) is 5.45. The summed E-state index contributed by atoms with van der Waals surface area (Å²) < 4.78 is 10.8. The van der Waals surface area contributed by atoms with Crippen LogP contribution in [-0.4, -0.2) is 24.5 Å². The van der Waals surface area contributed by atoms with Gasteiger partial charge in [0.25, 0.3) is 0 Å². The summed E-state index contributed by atoms with van der Waals surface area (Å²) in [5.74, 6) is 1.10. The largest absolute Gasteiger partial charge is 0.486 e. The Hall–Kier alpha value is -1.42. The van der Waals surface area contributed by atoms with E-state index in [4.69, 9.17) is 21.1 Å². The molecule has 0 saturated carbocycles. The van der Waals surface area contributed by atoms with Gasteiger partial charge < -0.3 is 14.8 Å². The standard InChI is InChI=1S/C11H12ClNO3/c1-7(12)11(14)13-8-2-3-9-10(6-8)16-5-4-15-9/h2-3,6-7H,4-5H2,1H3,(H,13,14)/t7-/m0/s1. The van der Waals surface area contributed by atoms with Crippen molar-refractivity contribution in [2.24, 2.45) is 0 Å². The second kappa shape index (κ2) is 4.61. The molecule has 0 aromatic heterocycles. The molecule has 0 fully saturated rings. The van der Waals surface area contributed by atoms with Gasteiger partial charge in [-0.15, -0.1) is 11.6 Å². The van der Waals surface area contributed by atoms with Gasteiger partial charge in [0, 0.05) is 11.8 Å². The minimum absolute atomic E-state index is 0.238. The first-order valence-electron chi connectivity index (χ1n) is 5.01. The van der Waals surface area contributed by atoms with Crippen molar-refractivity contribution in [2.45, 2.75) is 12.3 Å². The molecule has 2 rings (SSSR count). The van der Waals surface area contributed by atoms with Gasteiger partial charge in [-0.25, -0.2) is 0 Å². The topological polar surface area (TPSA) is 47.6 Å². The molecule has 0 radical (unpaired) electrons. The van der Waals surface area contributed by atoms with Crippen LogP contribution in [0.15, 0.2) is 18.2 Å². The number of hydrogen-bond acceptors (Lipinski definition) is 3. The molecule has 1 N–H and O–H groups in total. The van der Waals surface area contributed by atoms with Crippen molar-refractivity contribution >= 4 is 23.2 Å². The van der Waals surface area contributed by atoms with Crippen LogP contribution in [0.2, 0.25) is 0 Å². The zero-order chi connectivity index (χ0) is 11.5. The minimum Gasteiger partial charge on any atom is -0.486 e. The van der Waals surface area contributed by atoms with Gasteiger partial charge in [-0.05, 0) is 19.1 Å². The van der Waals surface area contributed by atoms with Gasteiger partial charge in [0.1, 0.15) is 18.6 Å². The predicted molar refractivity (Wildman–Crippen MR) is 61.4 cm³/mol. The molecule has 1 aliphatic rings. The molecule has 0 bridgehead atoms. The molecule has 4 nitrogen and oxygen atoms in total. The average Bonchev–Trinajstić information content (AvgIpc) is 2.28. The lowest BCUT2D eigenvalue weighted by Crippen LogP contribution is -2.21. The second-order valence-corrected chi connectivity index (χ2v) is 4.12. The zero-order valence-electron chi connectivity index (χ0n) is 8.83. The normalized spacial score (nSPS) is 15.4. The Morgan fingerprint density at radius 2 is 2.06 bits per heavy atom. The van der Waals surface area contributed by atoms with Crippen LogP contribution in [0.1, 0.15) is 6.92 Å². The van der Waals surface area contributed by atoms with Crippen molar-refractivity contribution in [2.75, 3.05) is 18.5 Å². The molecule has 86 valence electrons. The molecule has 1 amide bonds. The number of alkyl halides is 1. The number of fused-ring (bicyclic) bond motifs is 1. The number of carbonyl (C=O) groups is 1. The molecule has 0 aliphatic carbocycles. The molecule has 5 heteroatoms. The quantitative estimate of drug-likeness (QED) is 0.806. The van der Waals surface area contributed by atoms with Crippen molar-refractivity contribution in [3.05, 3.63) is 18.2 Å². The molecule has 16 heavy (non-hydrogen) atoms. The molecular weight excluding hydrogens is 230 g/mol. The summed E-state index contributed by atoms with van der Waals surface area (Å²) in [5, 5.41) is 2.12. The summed E-state index contributed by atoms with van der Waals surface area (Å²) in [6.07, 6.45) is 0. The lowest BCUT2D eigenvalue weighted by Gasteiger charge is -2.19. The minimum atomic E-state index is -0.562. The second-order valence-electron chi connectivity index (χ2n) is 3.46. The summed E-state index contributed by atoms with van der Waals surface area (Å²) in [6.45, 7) is 2.70. The number of benzene rings is 1. The summed E-state index contributed by atoms with van der Waals surface area (Å²) in [6, 6.07) is 5.25. The number of hydrogen-bond donors (Lipinski definition) is 1. The lowest BCUT2D eigenvalue weighted by atomic mass is 10.2. The van der Waals surface area contributed by atoms with Crippen LogP contribution in [0.25, 0.3) is 0 Å². The predicted octanol–water partition coefficient (Wildman–Crippen LogP) is 2.02. The Balaban J connectivity index is 2.14. The fraction of sp³-hybridized carbons (Fsp3) is 0.364. The Kier molecular flexibility index (Phi) is 3.19. The number of rotatable bonds is 2. The number of carbonyl (C=O) groups excluding carboxylic acids is 1.